The van der Waals surface area contributed by atoms with Crippen LogP contribution in [0.15, 0.2) is 36.7 Å². The van der Waals surface area contributed by atoms with Gasteiger partial charge in [-0.25, -0.2) is 9.97 Å². The molecule has 1 aromatic carbocycles. The Kier molecular flexibility index (Phi) is 2.92. The van der Waals surface area contributed by atoms with Crippen LogP contribution in [0.1, 0.15) is 16.5 Å². The van der Waals surface area contributed by atoms with Crippen LogP contribution < -0.4 is 11.5 Å². The Bertz CT molecular complexity index is 466. The predicted molar refractivity (Wildman–Crippen MR) is 65.0 cm³/mol. The fourth-order valence-electron chi connectivity index (χ4n) is 1.47. The molecule has 4 nitrogen and oxygen atoms in total. The largest absolute Gasteiger partial charge is 0.383 e. The van der Waals surface area contributed by atoms with Gasteiger partial charge >= 0.3 is 0 Å². The first-order valence-corrected chi connectivity index (χ1v) is 5.18. The van der Waals surface area contributed by atoms with Crippen molar-refractivity contribution >= 4 is 23.2 Å². The average Bonchev–Trinajstić information content (AvgIpc) is 2.30. The lowest BCUT2D eigenvalue weighted by Gasteiger charge is -2.13. The Morgan fingerprint density at radius 1 is 1.00 bits per heavy atom. The first-order chi connectivity index (χ1) is 7.70. The molecule has 0 aliphatic carbocycles. The third-order valence-electron chi connectivity index (χ3n) is 2.29. The number of alkyl halides is 1. The Hall–Kier alpha value is -1.81. The van der Waals surface area contributed by atoms with Gasteiger partial charge in [0.1, 0.15) is 18.0 Å². The second kappa shape index (κ2) is 4.37. The van der Waals surface area contributed by atoms with E-state index in [2.05, 4.69) is 9.97 Å². The number of rotatable bonds is 2. The molecule has 0 aliphatic rings. The smallest absolute Gasteiger partial charge is 0.133 e. The van der Waals surface area contributed by atoms with E-state index >= 15 is 0 Å². The standard InChI is InChI=1S/C11H11ClN4/c12-9(7-4-2-1-3-5-7)8-10(13)15-6-16-11(8)14/h1-6,9H,(H4,13,14,15,16). The monoisotopic (exact) mass is 234 g/mol. The van der Waals surface area contributed by atoms with Crippen LogP contribution in [-0.4, -0.2) is 9.97 Å². The molecular weight excluding hydrogens is 224 g/mol. The summed E-state index contributed by atoms with van der Waals surface area (Å²) in [4.78, 5) is 7.78. The minimum absolute atomic E-state index is 0.316. The molecule has 0 aliphatic heterocycles. The number of hydrogen-bond acceptors (Lipinski definition) is 4. The summed E-state index contributed by atoms with van der Waals surface area (Å²) in [6.45, 7) is 0. The van der Waals surface area contributed by atoms with Gasteiger partial charge in [-0.05, 0) is 5.56 Å². The molecule has 0 amide bonds. The molecule has 0 fully saturated rings. The lowest BCUT2D eigenvalue weighted by atomic mass is 10.1. The first-order valence-electron chi connectivity index (χ1n) is 4.75. The van der Waals surface area contributed by atoms with Crippen LogP contribution in [0.25, 0.3) is 0 Å². The van der Waals surface area contributed by atoms with Crippen molar-refractivity contribution < 1.29 is 0 Å². The molecule has 1 heterocycles. The molecule has 16 heavy (non-hydrogen) atoms. The second-order valence-electron chi connectivity index (χ2n) is 3.33. The quantitative estimate of drug-likeness (QED) is 0.779. The SMILES string of the molecule is Nc1ncnc(N)c1C(Cl)c1ccccc1. The topological polar surface area (TPSA) is 77.8 Å². The minimum atomic E-state index is -0.428. The maximum Gasteiger partial charge on any atom is 0.133 e. The molecule has 1 unspecified atom stereocenters. The van der Waals surface area contributed by atoms with Crippen LogP contribution in [0.5, 0.6) is 0 Å². The van der Waals surface area contributed by atoms with Crippen LogP contribution in [0.3, 0.4) is 0 Å². The maximum absolute atomic E-state index is 6.30. The molecule has 0 saturated heterocycles. The van der Waals surface area contributed by atoms with Crippen molar-refractivity contribution in [3.05, 3.63) is 47.8 Å². The highest BCUT2D eigenvalue weighted by Crippen LogP contribution is 2.34. The van der Waals surface area contributed by atoms with Crippen molar-refractivity contribution in [1.82, 2.24) is 9.97 Å². The van der Waals surface area contributed by atoms with E-state index in [-0.39, 0.29) is 0 Å². The summed E-state index contributed by atoms with van der Waals surface area (Å²) < 4.78 is 0. The van der Waals surface area contributed by atoms with E-state index < -0.39 is 5.38 Å². The summed E-state index contributed by atoms with van der Waals surface area (Å²) in [7, 11) is 0. The molecular formula is C11H11ClN4. The molecule has 1 atom stereocenters. The van der Waals surface area contributed by atoms with E-state index in [0.29, 0.717) is 17.2 Å². The van der Waals surface area contributed by atoms with E-state index in [1.807, 2.05) is 30.3 Å². The Morgan fingerprint density at radius 3 is 2.12 bits per heavy atom. The van der Waals surface area contributed by atoms with Gasteiger partial charge < -0.3 is 11.5 Å². The summed E-state index contributed by atoms with van der Waals surface area (Å²) in [5, 5.41) is -0.428. The van der Waals surface area contributed by atoms with Crippen LogP contribution >= 0.6 is 11.6 Å². The number of benzene rings is 1. The van der Waals surface area contributed by atoms with E-state index in [9.17, 15) is 0 Å². The van der Waals surface area contributed by atoms with Gasteiger partial charge in [0.2, 0.25) is 0 Å². The first kappa shape index (κ1) is 10.7. The molecule has 4 N–H and O–H groups in total. The number of aromatic nitrogens is 2. The lowest BCUT2D eigenvalue weighted by Crippen LogP contribution is -2.07. The summed E-state index contributed by atoms with van der Waals surface area (Å²) in [6.07, 6.45) is 1.32. The number of hydrogen-bond donors (Lipinski definition) is 2. The van der Waals surface area contributed by atoms with Crippen LogP contribution in [0.4, 0.5) is 11.6 Å². The van der Waals surface area contributed by atoms with Gasteiger partial charge in [0.15, 0.2) is 0 Å². The van der Waals surface area contributed by atoms with Crippen LogP contribution in [-0.2, 0) is 0 Å². The molecule has 2 aromatic rings. The summed E-state index contributed by atoms with van der Waals surface area (Å²) in [5.74, 6) is 0.632. The maximum atomic E-state index is 6.30. The van der Waals surface area contributed by atoms with Crippen molar-refractivity contribution in [3.8, 4) is 0 Å². The highest BCUT2D eigenvalue weighted by atomic mass is 35.5. The third-order valence-corrected chi connectivity index (χ3v) is 2.76. The number of halogens is 1. The van der Waals surface area contributed by atoms with Crippen LogP contribution in [0, 0.1) is 0 Å². The molecule has 2 rings (SSSR count). The van der Waals surface area contributed by atoms with Crippen molar-refractivity contribution in [2.24, 2.45) is 0 Å². The average molecular weight is 235 g/mol. The zero-order valence-electron chi connectivity index (χ0n) is 8.47. The summed E-state index contributed by atoms with van der Waals surface area (Å²) in [6, 6.07) is 9.54. The summed E-state index contributed by atoms with van der Waals surface area (Å²) in [5.41, 5.74) is 13.0. The summed E-state index contributed by atoms with van der Waals surface area (Å²) >= 11 is 6.30. The predicted octanol–water partition coefficient (Wildman–Crippen LogP) is 1.97. The van der Waals surface area contributed by atoms with Gasteiger partial charge in [-0.3, -0.25) is 0 Å². The molecule has 0 saturated carbocycles. The molecule has 5 heteroatoms. The van der Waals surface area contributed by atoms with Crippen molar-refractivity contribution in [3.63, 3.8) is 0 Å². The van der Waals surface area contributed by atoms with E-state index in [4.69, 9.17) is 23.1 Å². The number of nitrogens with two attached hydrogens (primary N) is 2. The zero-order valence-corrected chi connectivity index (χ0v) is 9.22. The number of nitrogen functional groups attached to an aromatic ring is 2. The highest BCUT2D eigenvalue weighted by molar-refractivity contribution is 6.23. The Labute approximate surface area is 98.3 Å². The van der Waals surface area contributed by atoms with Crippen LogP contribution in [0.2, 0.25) is 0 Å². The Morgan fingerprint density at radius 2 is 1.56 bits per heavy atom. The normalized spacial score (nSPS) is 12.3. The van der Waals surface area contributed by atoms with Gasteiger partial charge in [-0.1, -0.05) is 30.3 Å². The third kappa shape index (κ3) is 1.92. The minimum Gasteiger partial charge on any atom is -0.383 e. The number of anilines is 2. The second-order valence-corrected chi connectivity index (χ2v) is 3.77. The van der Waals surface area contributed by atoms with E-state index in [0.717, 1.165) is 5.56 Å². The van der Waals surface area contributed by atoms with Gasteiger partial charge in [-0.2, -0.15) is 0 Å². The Balaban J connectivity index is 2.46. The fourth-order valence-corrected chi connectivity index (χ4v) is 1.84. The van der Waals surface area contributed by atoms with Gasteiger partial charge in [-0.15, -0.1) is 11.6 Å². The molecule has 82 valence electrons. The molecule has 0 bridgehead atoms. The highest BCUT2D eigenvalue weighted by Gasteiger charge is 2.18. The number of nitrogens with zero attached hydrogens (tertiary/aromatic N) is 2. The lowest BCUT2D eigenvalue weighted by molar-refractivity contribution is 1.07. The van der Waals surface area contributed by atoms with E-state index in [1.54, 1.807) is 0 Å². The van der Waals surface area contributed by atoms with Crippen molar-refractivity contribution in [2.75, 3.05) is 11.5 Å². The fraction of sp³-hybridized carbons (Fsp3) is 0.0909. The molecule has 0 spiro atoms. The van der Waals surface area contributed by atoms with Gasteiger partial charge in [0, 0.05) is 0 Å². The van der Waals surface area contributed by atoms with Gasteiger partial charge in [0.05, 0.1) is 10.9 Å². The van der Waals surface area contributed by atoms with Gasteiger partial charge in [0.25, 0.3) is 0 Å². The van der Waals surface area contributed by atoms with E-state index in [1.165, 1.54) is 6.33 Å². The zero-order chi connectivity index (χ0) is 11.5. The van der Waals surface area contributed by atoms with Crippen molar-refractivity contribution in [1.29, 1.82) is 0 Å². The molecule has 1 aromatic heterocycles. The van der Waals surface area contributed by atoms with Crippen molar-refractivity contribution in [2.45, 2.75) is 5.38 Å². The molecule has 0 radical (unpaired) electrons.